The van der Waals surface area contributed by atoms with E-state index in [2.05, 4.69) is 22.4 Å². The lowest BCUT2D eigenvalue weighted by molar-refractivity contribution is -0.0860. The first-order valence-corrected chi connectivity index (χ1v) is 12.3. The van der Waals surface area contributed by atoms with Crippen LogP contribution in [0, 0.1) is 6.92 Å². The number of halogens is 3. The maximum atomic E-state index is 14.5. The average molecular weight is 490 g/mol. The lowest BCUT2D eigenvalue weighted by Gasteiger charge is -2.43. The number of aliphatic hydroxyl groups is 1. The second-order valence-corrected chi connectivity index (χ2v) is 9.44. The van der Waals surface area contributed by atoms with Gasteiger partial charge in [-0.25, -0.2) is 8.78 Å². The summed E-state index contributed by atoms with van der Waals surface area (Å²) in [5.74, 6) is -2.56. The number of benzene rings is 1. The van der Waals surface area contributed by atoms with Crippen molar-refractivity contribution in [2.75, 3.05) is 39.5 Å². The molecule has 5 nitrogen and oxygen atoms in total. The molecule has 0 unspecified atom stereocenters. The van der Waals surface area contributed by atoms with E-state index < -0.39 is 25.1 Å². The molecular formula is C27H34F3N3O2. The topological polar surface area (TPSA) is 57.6 Å². The summed E-state index contributed by atoms with van der Waals surface area (Å²) >= 11 is 0. The maximum Gasteiger partial charge on any atom is 0.283 e. The van der Waals surface area contributed by atoms with Gasteiger partial charge in [0.15, 0.2) is 0 Å². The fraction of sp³-hybridized carbons (Fsp3) is 0.519. The number of hydrogen-bond donors (Lipinski definition) is 2. The SMILES string of the molecule is Cc1c(OCCNCCCF)ccnc1[C@@H]1C2=C(C[C@@H](C)N1CC(F)(F)CO)c1ccccc1C2. The first kappa shape index (κ1) is 25.7. The molecule has 2 heterocycles. The number of rotatable bonds is 11. The number of aromatic nitrogens is 1. The Morgan fingerprint density at radius 3 is 2.80 bits per heavy atom. The van der Waals surface area contributed by atoms with Crippen LogP contribution in [-0.2, 0) is 6.42 Å². The van der Waals surface area contributed by atoms with Crippen LogP contribution in [0.5, 0.6) is 5.75 Å². The first-order chi connectivity index (χ1) is 16.9. The van der Waals surface area contributed by atoms with Crippen LogP contribution in [0.1, 0.15) is 48.2 Å². The molecule has 0 fully saturated rings. The number of nitrogens with zero attached hydrogens (tertiary/aromatic N) is 2. The molecule has 190 valence electrons. The predicted molar refractivity (Wildman–Crippen MR) is 131 cm³/mol. The van der Waals surface area contributed by atoms with E-state index in [1.54, 1.807) is 17.2 Å². The zero-order chi connectivity index (χ0) is 25.0. The lowest BCUT2D eigenvalue weighted by atomic mass is 9.85. The highest BCUT2D eigenvalue weighted by atomic mass is 19.3. The zero-order valence-electron chi connectivity index (χ0n) is 20.4. The third kappa shape index (κ3) is 5.55. The predicted octanol–water partition coefficient (Wildman–Crippen LogP) is 4.49. The summed E-state index contributed by atoms with van der Waals surface area (Å²) in [6, 6.07) is 9.41. The Hall–Kier alpha value is -2.42. The van der Waals surface area contributed by atoms with Gasteiger partial charge in [0.2, 0.25) is 0 Å². The summed E-state index contributed by atoms with van der Waals surface area (Å²) in [6.45, 7) is 3.36. The third-order valence-electron chi connectivity index (χ3n) is 6.96. The highest BCUT2D eigenvalue weighted by molar-refractivity contribution is 5.79. The lowest BCUT2D eigenvalue weighted by Crippen LogP contribution is -2.48. The van der Waals surface area contributed by atoms with Gasteiger partial charge in [-0.2, -0.15) is 0 Å². The van der Waals surface area contributed by atoms with Crippen LogP contribution in [-0.4, -0.2) is 66.5 Å². The Balaban J connectivity index is 1.67. The van der Waals surface area contributed by atoms with Crippen molar-refractivity contribution in [1.82, 2.24) is 15.2 Å². The maximum absolute atomic E-state index is 14.5. The summed E-state index contributed by atoms with van der Waals surface area (Å²) in [7, 11) is 0. The Morgan fingerprint density at radius 2 is 2.03 bits per heavy atom. The van der Waals surface area contributed by atoms with Gasteiger partial charge in [-0.05, 0) is 68.0 Å². The van der Waals surface area contributed by atoms with Crippen LogP contribution in [0.4, 0.5) is 13.2 Å². The number of nitrogens with one attached hydrogen (secondary N) is 1. The number of fused-ring (bicyclic) bond motifs is 2. The van der Waals surface area contributed by atoms with E-state index >= 15 is 0 Å². The Kier molecular flexibility index (Phi) is 8.14. The molecule has 2 aromatic rings. The number of hydrogen-bond acceptors (Lipinski definition) is 5. The van der Waals surface area contributed by atoms with Gasteiger partial charge in [0, 0.05) is 24.3 Å². The van der Waals surface area contributed by atoms with Crippen LogP contribution in [0.15, 0.2) is 42.1 Å². The molecule has 4 rings (SSSR count). The molecule has 1 aliphatic heterocycles. The van der Waals surface area contributed by atoms with Gasteiger partial charge in [-0.3, -0.25) is 14.3 Å². The van der Waals surface area contributed by atoms with E-state index in [1.165, 1.54) is 16.7 Å². The van der Waals surface area contributed by atoms with Crippen LogP contribution < -0.4 is 10.1 Å². The minimum Gasteiger partial charge on any atom is -0.492 e. The molecule has 1 aromatic heterocycles. The molecule has 0 amide bonds. The number of alkyl halides is 3. The Bertz CT molecular complexity index is 1060. The molecule has 1 aromatic carbocycles. The normalized spacial score (nSPS) is 20.2. The van der Waals surface area contributed by atoms with Crippen molar-refractivity contribution < 1.29 is 23.0 Å². The van der Waals surface area contributed by atoms with Crippen molar-refractivity contribution in [1.29, 1.82) is 0 Å². The molecule has 2 N–H and O–H groups in total. The average Bonchev–Trinajstić information content (AvgIpc) is 3.21. The van der Waals surface area contributed by atoms with E-state index in [0.29, 0.717) is 50.4 Å². The van der Waals surface area contributed by atoms with Gasteiger partial charge in [0.25, 0.3) is 5.92 Å². The highest BCUT2D eigenvalue weighted by Gasteiger charge is 2.44. The van der Waals surface area contributed by atoms with Gasteiger partial charge in [-0.15, -0.1) is 0 Å². The van der Waals surface area contributed by atoms with Crippen LogP contribution in [0.3, 0.4) is 0 Å². The van der Waals surface area contributed by atoms with Crippen molar-refractivity contribution in [3.63, 3.8) is 0 Å². The molecule has 0 saturated heterocycles. The zero-order valence-corrected chi connectivity index (χ0v) is 20.4. The van der Waals surface area contributed by atoms with Crippen molar-refractivity contribution >= 4 is 5.57 Å². The summed E-state index contributed by atoms with van der Waals surface area (Å²) in [4.78, 5) is 6.46. The Morgan fingerprint density at radius 1 is 1.23 bits per heavy atom. The first-order valence-electron chi connectivity index (χ1n) is 12.3. The van der Waals surface area contributed by atoms with Crippen molar-refractivity contribution in [3.8, 4) is 5.75 Å². The third-order valence-corrected chi connectivity index (χ3v) is 6.96. The minimum atomic E-state index is -3.22. The summed E-state index contributed by atoms with van der Waals surface area (Å²) in [5.41, 5.74) is 6.22. The summed E-state index contributed by atoms with van der Waals surface area (Å²) in [6.07, 6.45) is 3.49. The molecular weight excluding hydrogens is 455 g/mol. The molecule has 2 aliphatic rings. The van der Waals surface area contributed by atoms with Crippen LogP contribution in [0.2, 0.25) is 0 Å². The smallest absolute Gasteiger partial charge is 0.283 e. The molecule has 1 aliphatic carbocycles. The van der Waals surface area contributed by atoms with E-state index in [4.69, 9.17) is 4.74 Å². The van der Waals surface area contributed by atoms with Gasteiger partial charge >= 0.3 is 0 Å². The molecule has 0 radical (unpaired) electrons. The largest absolute Gasteiger partial charge is 0.492 e. The van der Waals surface area contributed by atoms with Crippen LogP contribution in [0.25, 0.3) is 5.57 Å². The van der Waals surface area contributed by atoms with Crippen molar-refractivity contribution in [3.05, 3.63) is 64.5 Å². The van der Waals surface area contributed by atoms with Gasteiger partial charge in [0.1, 0.15) is 19.0 Å². The molecule has 35 heavy (non-hydrogen) atoms. The van der Waals surface area contributed by atoms with Crippen molar-refractivity contribution in [2.24, 2.45) is 0 Å². The number of aliphatic hydroxyl groups excluding tert-OH is 1. The van der Waals surface area contributed by atoms with E-state index in [0.717, 1.165) is 11.1 Å². The van der Waals surface area contributed by atoms with Gasteiger partial charge in [0.05, 0.1) is 25.0 Å². The fourth-order valence-corrected chi connectivity index (χ4v) is 5.23. The molecule has 0 spiro atoms. The Labute approximate surface area is 205 Å². The molecule has 2 atom stereocenters. The second-order valence-electron chi connectivity index (χ2n) is 9.44. The van der Waals surface area contributed by atoms with E-state index in [1.807, 2.05) is 26.0 Å². The van der Waals surface area contributed by atoms with Gasteiger partial charge in [-0.1, -0.05) is 24.3 Å². The number of pyridine rings is 1. The number of ether oxygens (including phenoxy) is 1. The van der Waals surface area contributed by atoms with Crippen molar-refractivity contribution in [2.45, 2.75) is 51.1 Å². The van der Waals surface area contributed by atoms with E-state index in [9.17, 15) is 18.3 Å². The second kappa shape index (κ2) is 11.1. The highest BCUT2D eigenvalue weighted by Crippen LogP contribution is 2.49. The monoisotopic (exact) mass is 489 g/mol. The summed E-state index contributed by atoms with van der Waals surface area (Å²) in [5, 5.41) is 12.5. The van der Waals surface area contributed by atoms with Crippen LogP contribution >= 0.6 is 0 Å². The molecule has 0 saturated carbocycles. The minimum absolute atomic E-state index is 0.159. The summed E-state index contributed by atoms with van der Waals surface area (Å²) < 4.78 is 47.2. The fourth-order valence-electron chi connectivity index (χ4n) is 5.23. The molecule has 0 bridgehead atoms. The van der Waals surface area contributed by atoms with E-state index in [-0.39, 0.29) is 12.7 Å². The van der Waals surface area contributed by atoms with Gasteiger partial charge < -0.3 is 15.2 Å². The quantitative estimate of drug-likeness (QED) is 0.456. The standard InChI is InChI=1S/C27H34F3N3O2/c1-18-14-22-21-7-4-3-6-20(21)15-23(22)26(33(18)16-27(29,30)17-34)25-19(2)24(8-11-32-25)35-13-12-31-10-5-9-28/h3-4,6-8,11,18,26,31,34H,5,9-10,12-17H2,1-2H3/t18-,26+/m1/s1. The molecule has 8 heteroatoms.